The lowest BCUT2D eigenvalue weighted by Crippen LogP contribution is -1.97. The van der Waals surface area contributed by atoms with Crippen molar-refractivity contribution in [1.82, 2.24) is 9.97 Å². The molecule has 7 aromatic rings. The smallest absolute Gasteiger partial charge is 0.294 e. The van der Waals surface area contributed by atoms with Crippen LogP contribution >= 0.6 is 0 Å². The molecule has 186 valence electrons. The number of imidazole rings is 1. The average molecular weight is 523 g/mol. The summed E-state index contributed by atoms with van der Waals surface area (Å²) in [5.74, 6) is 0.0501. The van der Waals surface area contributed by atoms with E-state index in [0.717, 1.165) is 39.1 Å². The summed E-state index contributed by atoms with van der Waals surface area (Å²) in [6.07, 6.45) is 0. The van der Waals surface area contributed by atoms with Gasteiger partial charge in [-0.1, -0.05) is 42.5 Å². The van der Waals surface area contributed by atoms with E-state index in [2.05, 4.69) is 9.97 Å². The van der Waals surface area contributed by atoms with E-state index in [1.54, 1.807) is 24.3 Å². The Labute approximate surface area is 215 Å². The molecule has 0 aliphatic rings. The fraction of sp³-hybridized carbons (Fsp3) is 0. The van der Waals surface area contributed by atoms with E-state index in [4.69, 9.17) is 4.42 Å². The Kier molecular flexibility index (Phi) is 4.60. The molecular weight excluding hydrogens is 504 g/mol. The van der Waals surface area contributed by atoms with Crippen molar-refractivity contribution >= 4 is 53.9 Å². The monoisotopic (exact) mass is 522 g/mol. The first kappa shape index (κ1) is 22.3. The van der Waals surface area contributed by atoms with Crippen LogP contribution in [0.25, 0.3) is 66.3 Å². The summed E-state index contributed by atoms with van der Waals surface area (Å²) in [6.45, 7) is 0. The van der Waals surface area contributed by atoms with Gasteiger partial charge in [-0.3, -0.25) is 4.55 Å². The predicted molar refractivity (Wildman–Crippen MR) is 145 cm³/mol. The Hall–Kier alpha value is -4.86. The van der Waals surface area contributed by atoms with Crippen molar-refractivity contribution in [3.63, 3.8) is 0 Å². The van der Waals surface area contributed by atoms with Crippen LogP contribution in [-0.2, 0) is 10.1 Å². The minimum atomic E-state index is -4.49. The van der Waals surface area contributed by atoms with Crippen LogP contribution in [0.2, 0.25) is 0 Å². The second-order valence-corrected chi connectivity index (χ2v) is 10.5. The summed E-state index contributed by atoms with van der Waals surface area (Å²) in [5, 5.41) is 24.3. The van der Waals surface area contributed by atoms with Gasteiger partial charge in [0.25, 0.3) is 10.1 Å². The minimum Gasteiger partial charge on any atom is -0.507 e. The van der Waals surface area contributed by atoms with Crippen LogP contribution in [0.1, 0.15) is 0 Å². The Morgan fingerprint density at radius 3 is 2.39 bits per heavy atom. The Bertz CT molecular complexity index is 2190. The summed E-state index contributed by atoms with van der Waals surface area (Å²) >= 11 is 0. The van der Waals surface area contributed by atoms with Gasteiger partial charge in [-0.2, -0.15) is 8.42 Å². The zero-order chi connectivity index (χ0) is 26.2. The number of rotatable bonds is 3. The van der Waals surface area contributed by atoms with Gasteiger partial charge < -0.3 is 19.6 Å². The van der Waals surface area contributed by atoms with Gasteiger partial charge in [0.2, 0.25) is 0 Å². The Morgan fingerprint density at radius 1 is 0.763 bits per heavy atom. The first-order chi connectivity index (χ1) is 18.3. The molecule has 0 bridgehead atoms. The number of phenolic OH excluding ortho intramolecular Hbond substituents is 2. The summed E-state index contributed by atoms with van der Waals surface area (Å²) in [5.41, 5.74) is 4.71. The summed E-state index contributed by atoms with van der Waals surface area (Å²) < 4.78 is 38.5. The molecule has 2 aromatic heterocycles. The highest BCUT2D eigenvalue weighted by molar-refractivity contribution is 7.85. The van der Waals surface area contributed by atoms with Crippen LogP contribution < -0.4 is 0 Å². The number of hydrogen-bond acceptors (Lipinski definition) is 6. The van der Waals surface area contributed by atoms with Crippen LogP contribution in [0.5, 0.6) is 11.5 Å². The summed E-state index contributed by atoms with van der Waals surface area (Å²) in [7, 11) is -4.49. The van der Waals surface area contributed by atoms with Gasteiger partial charge in [0.15, 0.2) is 0 Å². The quantitative estimate of drug-likeness (QED) is 0.192. The maximum atomic E-state index is 11.6. The number of para-hydroxylation sites is 1. The molecule has 0 saturated heterocycles. The van der Waals surface area contributed by atoms with Crippen LogP contribution in [-0.4, -0.2) is 33.2 Å². The Morgan fingerprint density at radius 2 is 1.58 bits per heavy atom. The number of nitrogens with zero attached hydrogens (tertiary/aromatic N) is 1. The molecule has 0 aliphatic heterocycles. The minimum absolute atomic E-state index is 0.00791. The second-order valence-electron chi connectivity index (χ2n) is 9.07. The summed E-state index contributed by atoms with van der Waals surface area (Å²) in [4.78, 5) is 7.36. The molecule has 0 aliphatic carbocycles. The number of aromatic nitrogens is 2. The first-order valence-corrected chi connectivity index (χ1v) is 13.1. The predicted octanol–water partition coefficient (Wildman–Crippen LogP) is 6.61. The topological polar surface area (TPSA) is 137 Å². The van der Waals surface area contributed by atoms with Crippen LogP contribution in [0.15, 0.2) is 94.2 Å². The Balaban J connectivity index is 1.37. The molecule has 9 heteroatoms. The highest BCUT2D eigenvalue weighted by Crippen LogP contribution is 2.40. The van der Waals surface area contributed by atoms with E-state index in [-0.39, 0.29) is 11.5 Å². The zero-order valence-corrected chi connectivity index (χ0v) is 20.3. The lowest BCUT2D eigenvalue weighted by molar-refractivity contribution is 0.471. The lowest BCUT2D eigenvalue weighted by atomic mass is 9.98. The van der Waals surface area contributed by atoms with E-state index >= 15 is 0 Å². The van der Waals surface area contributed by atoms with E-state index in [1.807, 2.05) is 48.5 Å². The molecule has 0 saturated carbocycles. The number of benzene rings is 5. The molecule has 0 fully saturated rings. The zero-order valence-electron chi connectivity index (χ0n) is 19.5. The van der Waals surface area contributed by atoms with Gasteiger partial charge >= 0.3 is 0 Å². The second kappa shape index (κ2) is 7.82. The van der Waals surface area contributed by atoms with Crippen molar-refractivity contribution in [2.24, 2.45) is 0 Å². The number of aromatic hydroxyl groups is 2. The maximum Gasteiger partial charge on any atom is 0.294 e. The van der Waals surface area contributed by atoms with Crippen molar-refractivity contribution in [1.29, 1.82) is 0 Å². The largest absolute Gasteiger partial charge is 0.507 e. The maximum absolute atomic E-state index is 11.6. The van der Waals surface area contributed by atoms with Crippen molar-refractivity contribution in [3.8, 4) is 34.0 Å². The van der Waals surface area contributed by atoms with Gasteiger partial charge in [-0.25, -0.2) is 4.98 Å². The number of furan rings is 1. The van der Waals surface area contributed by atoms with Crippen molar-refractivity contribution in [2.45, 2.75) is 4.90 Å². The number of nitrogens with one attached hydrogen (secondary N) is 1. The van der Waals surface area contributed by atoms with E-state index in [1.165, 1.54) is 6.07 Å². The van der Waals surface area contributed by atoms with E-state index in [0.29, 0.717) is 33.2 Å². The van der Waals surface area contributed by atoms with Crippen molar-refractivity contribution in [2.75, 3.05) is 0 Å². The number of H-pyrrole nitrogens is 1. The van der Waals surface area contributed by atoms with Gasteiger partial charge in [-0.05, 0) is 52.9 Å². The van der Waals surface area contributed by atoms with Crippen LogP contribution in [0.4, 0.5) is 0 Å². The number of phenols is 2. The van der Waals surface area contributed by atoms with Crippen LogP contribution in [0, 0.1) is 0 Å². The van der Waals surface area contributed by atoms with Gasteiger partial charge in [0.05, 0.1) is 21.4 Å². The molecule has 8 nitrogen and oxygen atoms in total. The highest BCUT2D eigenvalue weighted by Gasteiger charge is 2.19. The molecule has 0 amide bonds. The first-order valence-electron chi connectivity index (χ1n) is 11.6. The number of fused-ring (bicyclic) bond motifs is 6. The molecule has 2 heterocycles. The molecule has 4 N–H and O–H groups in total. The van der Waals surface area contributed by atoms with Crippen molar-refractivity contribution < 1.29 is 27.6 Å². The van der Waals surface area contributed by atoms with E-state index < -0.39 is 15.0 Å². The number of aromatic amines is 1. The third kappa shape index (κ3) is 3.33. The molecule has 5 aromatic carbocycles. The molecule has 0 unspecified atom stereocenters. The standard InChI is InChI=1S/C29H18N2O6S/c32-22-13-15(18-5-3-7-25-27(18)20-4-1-2-6-24(20)37-25)8-10-19(22)29-30-21-11-9-16-12-17(38(34,35)36)14-23(33)26(16)28(21)31-29/h1-14,32-33H,(H,30,31)(H,34,35,36). The van der Waals surface area contributed by atoms with Gasteiger partial charge in [0, 0.05) is 16.8 Å². The number of hydrogen-bond donors (Lipinski definition) is 4. The molecule has 0 spiro atoms. The fourth-order valence-corrected chi connectivity index (χ4v) is 5.61. The summed E-state index contributed by atoms with van der Waals surface area (Å²) in [6, 6.07) is 24.5. The molecule has 7 rings (SSSR count). The average Bonchev–Trinajstić information content (AvgIpc) is 3.49. The van der Waals surface area contributed by atoms with E-state index in [9.17, 15) is 23.2 Å². The normalized spacial score (nSPS) is 12.2. The van der Waals surface area contributed by atoms with Gasteiger partial charge in [-0.15, -0.1) is 0 Å². The molecule has 38 heavy (non-hydrogen) atoms. The van der Waals surface area contributed by atoms with Gasteiger partial charge in [0.1, 0.15) is 34.0 Å². The third-order valence-electron chi connectivity index (χ3n) is 6.78. The highest BCUT2D eigenvalue weighted by atomic mass is 32.2. The van der Waals surface area contributed by atoms with Crippen molar-refractivity contribution in [3.05, 3.63) is 84.9 Å². The molecular formula is C29H18N2O6S. The van der Waals surface area contributed by atoms with Crippen LogP contribution in [0.3, 0.4) is 0 Å². The molecule has 0 atom stereocenters. The fourth-order valence-electron chi connectivity index (χ4n) is 5.07. The SMILES string of the molecule is O=S(=O)(O)c1cc(O)c2c(ccc3[nH]c(-c4ccc(-c5cccc6oc7ccccc7c56)cc4O)nc32)c1. The molecule has 0 radical (unpaired) electrons. The lowest BCUT2D eigenvalue weighted by Gasteiger charge is -2.07. The third-order valence-corrected chi connectivity index (χ3v) is 7.62.